The van der Waals surface area contributed by atoms with Crippen LogP contribution in [0.2, 0.25) is 0 Å². The predicted octanol–water partition coefficient (Wildman–Crippen LogP) is 5.04. The zero-order valence-corrected chi connectivity index (χ0v) is 14.1. The molecule has 0 aliphatic heterocycles. The van der Waals surface area contributed by atoms with Gasteiger partial charge in [-0.05, 0) is 65.4 Å². The second-order valence-corrected chi connectivity index (χ2v) is 6.06. The van der Waals surface area contributed by atoms with Crippen LogP contribution >= 0.6 is 0 Å². The van der Waals surface area contributed by atoms with E-state index in [4.69, 9.17) is 4.74 Å². The van der Waals surface area contributed by atoms with Crippen molar-refractivity contribution >= 4 is 0 Å². The summed E-state index contributed by atoms with van der Waals surface area (Å²) >= 11 is 0. The highest BCUT2D eigenvalue weighted by atomic mass is 16.5. The molecule has 0 bridgehead atoms. The van der Waals surface area contributed by atoms with Gasteiger partial charge in [-0.3, -0.25) is 0 Å². The fourth-order valence-electron chi connectivity index (χ4n) is 2.99. The van der Waals surface area contributed by atoms with Crippen molar-refractivity contribution in [2.24, 2.45) is 0 Å². The molecule has 3 aromatic carbocycles. The van der Waals surface area contributed by atoms with Gasteiger partial charge >= 0.3 is 0 Å². The molecule has 3 rings (SSSR count). The van der Waals surface area contributed by atoms with Gasteiger partial charge < -0.3 is 9.84 Å². The molecule has 0 fully saturated rings. The Labute approximate surface area is 143 Å². The standard InChI is InChI=1S/C22H22O2/c1-16-7-6-8-17(2)22(16)20-11-19(14-23)12-21(13-20)24-15-18-9-4-3-5-10-18/h3-13,23H,14-15H2,1-2H3. The molecule has 0 spiro atoms. The van der Waals surface area contributed by atoms with Crippen molar-refractivity contribution in [3.8, 4) is 16.9 Å². The van der Waals surface area contributed by atoms with Crippen LogP contribution < -0.4 is 4.74 Å². The molecule has 0 aliphatic rings. The van der Waals surface area contributed by atoms with E-state index < -0.39 is 0 Å². The molecule has 0 aliphatic carbocycles. The molecule has 24 heavy (non-hydrogen) atoms. The first kappa shape index (κ1) is 16.3. The molecule has 0 radical (unpaired) electrons. The fraction of sp³-hybridized carbons (Fsp3) is 0.182. The number of aliphatic hydroxyl groups excluding tert-OH is 1. The van der Waals surface area contributed by atoms with E-state index in [1.54, 1.807) is 0 Å². The van der Waals surface area contributed by atoms with Gasteiger partial charge in [0.2, 0.25) is 0 Å². The first-order valence-electron chi connectivity index (χ1n) is 8.15. The topological polar surface area (TPSA) is 29.5 Å². The van der Waals surface area contributed by atoms with Gasteiger partial charge in [-0.2, -0.15) is 0 Å². The van der Waals surface area contributed by atoms with Gasteiger partial charge in [0.15, 0.2) is 0 Å². The van der Waals surface area contributed by atoms with E-state index in [0.717, 1.165) is 22.4 Å². The van der Waals surface area contributed by atoms with E-state index in [2.05, 4.69) is 38.1 Å². The summed E-state index contributed by atoms with van der Waals surface area (Å²) in [5.74, 6) is 0.781. The van der Waals surface area contributed by atoms with Crippen molar-refractivity contribution in [1.82, 2.24) is 0 Å². The lowest BCUT2D eigenvalue weighted by atomic mass is 9.94. The zero-order chi connectivity index (χ0) is 16.9. The Bertz CT molecular complexity index is 802. The molecular weight excluding hydrogens is 296 g/mol. The van der Waals surface area contributed by atoms with Gasteiger partial charge in [0, 0.05) is 0 Å². The predicted molar refractivity (Wildman–Crippen MR) is 98.0 cm³/mol. The first-order chi connectivity index (χ1) is 11.7. The average molecular weight is 318 g/mol. The molecule has 0 amide bonds. The zero-order valence-electron chi connectivity index (χ0n) is 14.1. The molecule has 0 heterocycles. The Morgan fingerprint density at radius 3 is 2.17 bits per heavy atom. The molecular formula is C22H22O2. The molecule has 2 heteroatoms. The minimum absolute atomic E-state index is 0.000462. The van der Waals surface area contributed by atoms with Crippen LogP contribution in [-0.2, 0) is 13.2 Å². The SMILES string of the molecule is Cc1cccc(C)c1-c1cc(CO)cc(OCc2ccccc2)c1. The molecule has 0 saturated carbocycles. The lowest BCUT2D eigenvalue weighted by Crippen LogP contribution is -1.97. The van der Waals surface area contributed by atoms with E-state index in [9.17, 15) is 5.11 Å². The smallest absolute Gasteiger partial charge is 0.120 e. The number of hydrogen-bond donors (Lipinski definition) is 1. The highest BCUT2D eigenvalue weighted by Gasteiger charge is 2.09. The summed E-state index contributed by atoms with van der Waals surface area (Å²) in [4.78, 5) is 0. The van der Waals surface area contributed by atoms with Crippen LogP contribution in [0.5, 0.6) is 5.75 Å². The Morgan fingerprint density at radius 1 is 0.792 bits per heavy atom. The van der Waals surface area contributed by atoms with Gasteiger partial charge in [-0.25, -0.2) is 0 Å². The minimum Gasteiger partial charge on any atom is -0.489 e. The largest absolute Gasteiger partial charge is 0.489 e. The van der Waals surface area contributed by atoms with Gasteiger partial charge in [0.05, 0.1) is 6.61 Å². The quantitative estimate of drug-likeness (QED) is 0.714. The molecule has 2 nitrogen and oxygen atoms in total. The van der Waals surface area contributed by atoms with E-state index >= 15 is 0 Å². The summed E-state index contributed by atoms with van der Waals surface area (Å²) in [6.07, 6.45) is 0. The van der Waals surface area contributed by atoms with Crippen LogP contribution in [0.4, 0.5) is 0 Å². The third-order valence-electron chi connectivity index (χ3n) is 4.17. The Balaban J connectivity index is 1.94. The fourth-order valence-corrected chi connectivity index (χ4v) is 2.99. The van der Waals surface area contributed by atoms with E-state index in [-0.39, 0.29) is 6.61 Å². The first-order valence-corrected chi connectivity index (χ1v) is 8.15. The van der Waals surface area contributed by atoms with Crippen molar-refractivity contribution in [2.75, 3.05) is 0 Å². The van der Waals surface area contributed by atoms with Crippen LogP contribution in [-0.4, -0.2) is 5.11 Å². The summed E-state index contributed by atoms with van der Waals surface area (Å²) in [7, 11) is 0. The maximum atomic E-state index is 9.60. The molecule has 3 aromatic rings. The number of ether oxygens (including phenoxy) is 1. The summed E-state index contributed by atoms with van der Waals surface area (Å²) in [5, 5.41) is 9.60. The second kappa shape index (κ2) is 7.33. The highest BCUT2D eigenvalue weighted by Crippen LogP contribution is 2.31. The molecule has 0 unspecified atom stereocenters. The van der Waals surface area contributed by atoms with Crippen LogP contribution in [0.15, 0.2) is 66.7 Å². The normalized spacial score (nSPS) is 10.6. The summed E-state index contributed by atoms with van der Waals surface area (Å²) < 4.78 is 5.97. The van der Waals surface area contributed by atoms with Gasteiger partial charge in [0.1, 0.15) is 12.4 Å². The minimum atomic E-state index is 0.000462. The van der Waals surface area contributed by atoms with Crippen LogP contribution in [0.1, 0.15) is 22.3 Å². The second-order valence-electron chi connectivity index (χ2n) is 6.06. The lowest BCUT2D eigenvalue weighted by Gasteiger charge is -2.14. The summed E-state index contributed by atoms with van der Waals surface area (Å²) in [6.45, 7) is 4.74. The Kier molecular flexibility index (Phi) is 4.97. The monoisotopic (exact) mass is 318 g/mol. The van der Waals surface area contributed by atoms with Crippen molar-refractivity contribution in [2.45, 2.75) is 27.1 Å². The number of aliphatic hydroxyl groups is 1. The summed E-state index contributed by atoms with van der Waals surface area (Å²) in [5.41, 5.74) is 6.72. The summed E-state index contributed by atoms with van der Waals surface area (Å²) in [6, 6.07) is 22.4. The number of rotatable bonds is 5. The van der Waals surface area contributed by atoms with Gasteiger partial charge in [-0.15, -0.1) is 0 Å². The van der Waals surface area contributed by atoms with Gasteiger partial charge in [-0.1, -0.05) is 48.5 Å². The number of aryl methyl sites for hydroxylation is 2. The molecule has 0 atom stereocenters. The third kappa shape index (κ3) is 3.66. The van der Waals surface area contributed by atoms with E-state index in [0.29, 0.717) is 6.61 Å². The molecule has 122 valence electrons. The van der Waals surface area contributed by atoms with Crippen LogP contribution in [0.3, 0.4) is 0 Å². The van der Waals surface area contributed by atoms with Crippen molar-refractivity contribution in [1.29, 1.82) is 0 Å². The Morgan fingerprint density at radius 2 is 1.50 bits per heavy atom. The number of hydrogen-bond acceptors (Lipinski definition) is 2. The lowest BCUT2D eigenvalue weighted by molar-refractivity contribution is 0.278. The maximum Gasteiger partial charge on any atom is 0.120 e. The molecule has 0 saturated heterocycles. The average Bonchev–Trinajstić information content (AvgIpc) is 2.60. The van der Waals surface area contributed by atoms with Crippen molar-refractivity contribution < 1.29 is 9.84 Å². The van der Waals surface area contributed by atoms with Crippen molar-refractivity contribution in [3.63, 3.8) is 0 Å². The van der Waals surface area contributed by atoms with Gasteiger partial charge in [0.25, 0.3) is 0 Å². The highest BCUT2D eigenvalue weighted by molar-refractivity contribution is 5.72. The van der Waals surface area contributed by atoms with E-state index in [1.165, 1.54) is 16.7 Å². The van der Waals surface area contributed by atoms with Crippen LogP contribution in [0, 0.1) is 13.8 Å². The number of benzene rings is 3. The van der Waals surface area contributed by atoms with Crippen molar-refractivity contribution in [3.05, 3.63) is 89.0 Å². The Hall–Kier alpha value is -2.58. The third-order valence-corrected chi connectivity index (χ3v) is 4.17. The van der Waals surface area contributed by atoms with Crippen LogP contribution in [0.25, 0.3) is 11.1 Å². The maximum absolute atomic E-state index is 9.60. The molecule has 0 aromatic heterocycles. The van der Waals surface area contributed by atoms with E-state index in [1.807, 2.05) is 42.5 Å². The molecule has 1 N–H and O–H groups in total.